The lowest BCUT2D eigenvalue weighted by atomic mass is 10.2. The molecule has 0 spiro atoms. The van der Waals surface area contributed by atoms with Gasteiger partial charge in [-0.15, -0.1) is 5.10 Å². The number of hydrogen-bond acceptors (Lipinski definition) is 5. The Morgan fingerprint density at radius 1 is 1.40 bits per heavy atom. The van der Waals surface area contributed by atoms with Crippen molar-refractivity contribution in [1.82, 2.24) is 19.7 Å². The average molecular weight is 365 g/mol. The van der Waals surface area contributed by atoms with E-state index in [0.29, 0.717) is 23.0 Å². The smallest absolute Gasteiger partial charge is 0.328 e. The maximum Gasteiger partial charge on any atom is 0.328 e. The van der Waals surface area contributed by atoms with Crippen LogP contribution in [0.5, 0.6) is 0 Å². The molecule has 8 nitrogen and oxygen atoms in total. The molecule has 0 bridgehead atoms. The van der Waals surface area contributed by atoms with Crippen LogP contribution < -0.4 is 0 Å². The van der Waals surface area contributed by atoms with Gasteiger partial charge in [0.25, 0.3) is 5.91 Å². The summed E-state index contributed by atoms with van der Waals surface area (Å²) in [5.41, 5.74) is 0.615. The van der Waals surface area contributed by atoms with E-state index in [4.69, 9.17) is 16.3 Å². The molecule has 1 amide bonds. The molecule has 3 rings (SSSR count). The molecule has 1 N–H and O–H groups in total. The van der Waals surface area contributed by atoms with Crippen molar-refractivity contribution in [2.45, 2.75) is 19.4 Å². The SMILES string of the molecule is CCc1nc(C(=O)N2CCOC[C@@H]2C(=O)O)nn1-c1ccccc1Cl. The Kier molecular flexibility index (Phi) is 5.00. The number of amides is 1. The Bertz CT molecular complexity index is 807. The van der Waals surface area contributed by atoms with Crippen LogP contribution in [-0.4, -0.2) is 62.4 Å². The molecular weight excluding hydrogens is 348 g/mol. The summed E-state index contributed by atoms with van der Waals surface area (Å²) in [6.07, 6.45) is 0.539. The molecule has 0 unspecified atom stereocenters. The number of morpholine rings is 1. The molecule has 132 valence electrons. The quantitative estimate of drug-likeness (QED) is 0.880. The van der Waals surface area contributed by atoms with Crippen LogP contribution in [0.2, 0.25) is 5.02 Å². The molecule has 0 saturated carbocycles. The average Bonchev–Trinajstić information content (AvgIpc) is 3.05. The van der Waals surface area contributed by atoms with E-state index in [-0.39, 0.29) is 25.6 Å². The van der Waals surface area contributed by atoms with Gasteiger partial charge < -0.3 is 14.7 Å². The van der Waals surface area contributed by atoms with E-state index in [9.17, 15) is 14.7 Å². The molecular formula is C16H17ClN4O4. The van der Waals surface area contributed by atoms with Gasteiger partial charge in [0.2, 0.25) is 5.82 Å². The molecule has 0 aliphatic carbocycles. The molecule has 9 heteroatoms. The summed E-state index contributed by atoms with van der Waals surface area (Å²) in [6.45, 7) is 2.30. The lowest BCUT2D eigenvalue weighted by Gasteiger charge is -2.31. The first kappa shape index (κ1) is 17.4. The summed E-state index contributed by atoms with van der Waals surface area (Å²) in [6, 6.07) is 6.07. The first-order valence-electron chi connectivity index (χ1n) is 7.85. The number of benzene rings is 1. The third-order valence-electron chi connectivity index (χ3n) is 3.94. The van der Waals surface area contributed by atoms with E-state index in [1.54, 1.807) is 18.2 Å². The third-order valence-corrected chi connectivity index (χ3v) is 4.26. The molecule has 1 fully saturated rings. The zero-order chi connectivity index (χ0) is 18.0. The molecule has 1 atom stereocenters. The van der Waals surface area contributed by atoms with Crippen LogP contribution in [0.1, 0.15) is 23.4 Å². The van der Waals surface area contributed by atoms with E-state index < -0.39 is 17.9 Å². The Morgan fingerprint density at radius 2 is 2.16 bits per heavy atom. The molecule has 1 aliphatic heterocycles. The number of rotatable bonds is 4. The Labute approximate surface area is 149 Å². The number of nitrogens with zero attached hydrogens (tertiary/aromatic N) is 4. The van der Waals surface area contributed by atoms with Crippen LogP contribution in [0.3, 0.4) is 0 Å². The monoisotopic (exact) mass is 364 g/mol. The van der Waals surface area contributed by atoms with Crippen LogP contribution in [0, 0.1) is 0 Å². The van der Waals surface area contributed by atoms with E-state index in [2.05, 4.69) is 10.1 Å². The molecule has 1 aliphatic rings. The van der Waals surface area contributed by atoms with Crippen molar-refractivity contribution < 1.29 is 19.4 Å². The van der Waals surface area contributed by atoms with E-state index in [0.717, 1.165) is 0 Å². The van der Waals surface area contributed by atoms with Crippen LogP contribution in [-0.2, 0) is 16.0 Å². The summed E-state index contributed by atoms with van der Waals surface area (Å²) in [7, 11) is 0. The van der Waals surface area contributed by atoms with Crippen molar-refractivity contribution in [1.29, 1.82) is 0 Å². The summed E-state index contributed by atoms with van der Waals surface area (Å²) in [5.74, 6) is -1.13. The highest BCUT2D eigenvalue weighted by Crippen LogP contribution is 2.21. The minimum atomic E-state index is -1.12. The van der Waals surface area contributed by atoms with Crippen LogP contribution in [0.25, 0.3) is 5.69 Å². The third kappa shape index (κ3) is 3.35. The highest BCUT2D eigenvalue weighted by atomic mass is 35.5. The Balaban J connectivity index is 1.97. The van der Waals surface area contributed by atoms with Gasteiger partial charge in [0.1, 0.15) is 5.82 Å². The van der Waals surface area contributed by atoms with E-state index >= 15 is 0 Å². The fourth-order valence-electron chi connectivity index (χ4n) is 2.66. The summed E-state index contributed by atoms with van der Waals surface area (Å²) >= 11 is 6.21. The number of aliphatic carboxylic acids is 1. The van der Waals surface area contributed by atoms with Gasteiger partial charge in [0.05, 0.1) is 23.9 Å². The number of aromatic nitrogens is 3. The summed E-state index contributed by atoms with van der Waals surface area (Å²) in [4.78, 5) is 29.6. The maximum atomic E-state index is 12.7. The van der Waals surface area contributed by atoms with Gasteiger partial charge in [-0.3, -0.25) is 4.79 Å². The largest absolute Gasteiger partial charge is 0.480 e. The molecule has 1 aromatic heterocycles. The van der Waals surface area contributed by atoms with Crippen LogP contribution >= 0.6 is 11.6 Å². The minimum absolute atomic E-state index is 0.0487. The highest BCUT2D eigenvalue weighted by Gasteiger charge is 2.35. The number of carbonyl (C=O) groups is 2. The standard InChI is InChI=1S/C16H17ClN4O4/c1-2-13-18-14(19-21(13)11-6-4-3-5-10(11)17)15(22)20-7-8-25-9-12(20)16(23)24/h3-6,12H,2,7-9H2,1H3,(H,23,24)/t12-/m1/s1. The van der Waals surface area contributed by atoms with Gasteiger partial charge in [-0.05, 0) is 12.1 Å². The number of carbonyl (C=O) groups excluding carboxylic acids is 1. The van der Waals surface area contributed by atoms with E-state index in [1.807, 2.05) is 13.0 Å². The number of halogens is 1. The lowest BCUT2D eigenvalue weighted by molar-refractivity contribution is -0.147. The van der Waals surface area contributed by atoms with Crippen molar-refractivity contribution in [3.05, 3.63) is 40.9 Å². The second kappa shape index (κ2) is 7.20. The fourth-order valence-corrected chi connectivity index (χ4v) is 2.88. The summed E-state index contributed by atoms with van der Waals surface area (Å²) in [5, 5.41) is 14.0. The van der Waals surface area contributed by atoms with Crippen molar-refractivity contribution in [3.8, 4) is 5.69 Å². The van der Waals surface area contributed by atoms with Crippen molar-refractivity contribution in [2.75, 3.05) is 19.8 Å². The van der Waals surface area contributed by atoms with Crippen LogP contribution in [0.15, 0.2) is 24.3 Å². The number of hydrogen-bond donors (Lipinski definition) is 1. The molecule has 0 radical (unpaired) electrons. The summed E-state index contributed by atoms with van der Waals surface area (Å²) < 4.78 is 6.68. The molecule has 2 aromatic rings. The molecule has 1 aromatic carbocycles. The zero-order valence-corrected chi connectivity index (χ0v) is 14.3. The topological polar surface area (TPSA) is 97.6 Å². The number of para-hydroxylation sites is 1. The Hall–Kier alpha value is -2.45. The number of carboxylic acid groups (broad SMARTS) is 1. The maximum absolute atomic E-state index is 12.7. The molecule has 1 saturated heterocycles. The predicted octanol–water partition coefficient (Wildman–Crippen LogP) is 1.41. The highest BCUT2D eigenvalue weighted by molar-refractivity contribution is 6.32. The van der Waals surface area contributed by atoms with Crippen LogP contribution in [0.4, 0.5) is 0 Å². The second-order valence-electron chi connectivity index (χ2n) is 5.50. The first-order chi connectivity index (χ1) is 12.0. The van der Waals surface area contributed by atoms with Gasteiger partial charge in [-0.1, -0.05) is 30.7 Å². The normalized spacial score (nSPS) is 17.5. The van der Waals surface area contributed by atoms with Gasteiger partial charge >= 0.3 is 5.97 Å². The van der Waals surface area contributed by atoms with Gasteiger partial charge in [-0.25, -0.2) is 14.5 Å². The lowest BCUT2D eigenvalue weighted by Crippen LogP contribution is -2.52. The number of carboxylic acids is 1. The minimum Gasteiger partial charge on any atom is -0.480 e. The van der Waals surface area contributed by atoms with Gasteiger partial charge in [-0.2, -0.15) is 0 Å². The van der Waals surface area contributed by atoms with Gasteiger partial charge in [0.15, 0.2) is 6.04 Å². The van der Waals surface area contributed by atoms with Crippen molar-refractivity contribution in [2.24, 2.45) is 0 Å². The second-order valence-corrected chi connectivity index (χ2v) is 5.90. The van der Waals surface area contributed by atoms with Crippen molar-refractivity contribution in [3.63, 3.8) is 0 Å². The van der Waals surface area contributed by atoms with Crippen molar-refractivity contribution >= 4 is 23.5 Å². The zero-order valence-electron chi connectivity index (χ0n) is 13.6. The first-order valence-corrected chi connectivity index (χ1v) is 8.23. The Morgan fingerprint density at radius 3 is 2.84 bits per heavy atom. The fraction of sp³-hybridized carbons (Fsp3) is 0.375. The number of aryl methyl sites for hydroxylation is 1. The molecule has 25 heavy (non-hydrogen) atoms. The van der Waals surface area contributed by atoms with E-state index in [1.165, 1.54) is 9.58 Å². The molecule has 2 heterocycles. The number of ether oxygens (including phenoxy) is 1. The van der Waals surface area contributed by atoms with Gasteiger partial charge in [0, 0.05) is 13.0 Å². The predicted molar refractivity (Wildman–Crippen MR) is 89.0 cm³/mol.